The number of hydrogen-bond acceptors (Lipinski definition) is 4. The average molecular weight is 413 g/mol. The number of nitrogens with two attached hydrogens (primary N) is 1. The standard InChI is InChI=1S/C11H15Br2N3O2S/c1-6(2)16(4-3-9(14)15-18)11(17)7-5-8(12)19-10(7)13/h5-6,18H,3-4H2,1-2H3,(H2,14,15). The molecule has 0 unspecified atom stereocenters. The highest BCUT2D eigenvalue weighted by Crippen LogP contribution is 2.32. The summed E-state index contributed by atoms with van der Waals surface area (Å²) in [6.45, 7) is 4.27. The van der Waals surface area contributed by atoms with E-state index in [-0.39, 0.29) is 17.8 Å². The van der Waals surface area contributed by atoms with Gasteiger partial charge in [0.2, 0.25) is 0 Å². The number of amidine groups is 1. The maximum Gasteiger partial charge on any atom is 0.256 e. The number of rotatable bonds is 5. The van der Waals surface area contributed by atoms with Gasteiger partial charge < -0.3 is 15.8 Å². The lowest BCUT2D eigenvalue weighted by Gasteiger charge is -2.26. The number of carbonyl (C=O) groups excluding carboxylic acids is 1. The van der Waals surface area contributed by atoms with Gasteiger partial charge in [0, 0.05) is 19.0 Å². The molecule has 1 amide bonds. The maximum atomic E-state index is 12.5. The number of thiophene rings is 1. The molecule has 19 heavy (non-hydrogen) atoms. The molecule has 0 aliphatic heterocycles. The normalized spacial score (nSPS) is 11.9. The molecule has 0 aromatic carbocycles. The molecule has 106 valence electrons. The van der Waals surface area contributed by atoms with E-state index in [9.17, 15) is 4.79 Å². The minimum atomic E-state index is -0.0745. The third kappa shape index (κ3) is 4.47. The topological polar surface area (TPSA) is 78.9 Å². The first-order valence-electron chi connectivity index (χ1n) is 5.59. The van der Waals surface area contributed by atoms with Crippen molar-refractivity contribution < 1.29 is 10.0 Å². The smallest absolute Gasteiger partial charge is 0.256 e. The zero-order valence-corrected chi connectivity index (χ0v) is 14.5. The Morgan fingerprint density at radius 3 is 2.63 bits per heavy atom. The molecule has 5 nitrogen and oxygen atoms in total. The quantitative estimate of drug-likeness (QED) is 0.337. The third-order valence-corrected chi connectivity index (χ3v) is 4.85. The minimum absolute atomic E-state index is 0.0320. The maximum absolute atomic E-state index is 12.5. The molecule has 1 aromatic rings. The van der Waals surface area contributed by atoms with Crippen molar-refractivity contribution in [2.75, 3.05) is 6.54 Å². The summed E-state index contributed by atoms with van der Waals surface area (Å²) >= 11 is 8.19. The van der Waals surface area contributed by atoms with Crippen LogP contribution in [0.25, 0.3) is 0 Å². The fraction of sp³-hybridized carbons (Fsp3) is 0.455. The van der Waals surface area contributed by atoms with Crippen LogP contribution in [0.5, 0.6) is 0 Å². The molecule has 0 aliphatic carbocycles. The Morgan fingerprint density at radius 2 is 2.21 bits per heavy atom. The van der Waals surface area contributed by atoms with E-state index in [0.717, 1.165) is 7.57 Å². The number of carbonyl (C=O) groups is 1. The van der Waals surface area contributed by atoms with Gasteiger partial charge in [0.1, 0.15) is 5.84 Å². The highest BCUT2D eigenvalue weighted by atomic mass is 79.9. The zero-order chi connectivity index (χ0) is 14.6. The average Bonchev–Trinajstić information content (AvgIpc) is 2.67. The van der Waals surface area contributed by atoms with Crippen molar-refractivity contribution in [3.8, 4) is 0 Å². The molecule has 1 heterocycles. The van der Waals surface area contributed by atoms with Crippen molar-refractivity contribution in [2.45, 2.75) is 26.3 Å². The Hall–Kier alpha value is -0.600. The number of oxime groups is 1. The largest absolute Gasteiger partial charge is 0.409 e. The van der Waals surface area contributed by atoms with Crippen LogP contribution in [0.15, 0.2) is 18.8 Å². The SMILES string of the molecule is CC(C)N(CC/C(N)=N/O)C(=O)c1cc(Br)sc1Br. The Morgan fingerprint density at radius 1 is 1.58 bits per heavy atom. The van der Waals surface area contributed by atoms with Crippen LogP contribution in [0.3, 0.4) is 0 Å². The van der Waals surface area contributed by atoms with Crippen LogP contribution in [0.1, 0.15) is 30.6 Å². The molecule has 0 fully saturated rings. The van der Waals surface area contributed by atoms with Crippen molar-refractivity contribution in [1.82, 2.24) is 4.90 Å². The van der Waals surface area contributed by atoms with E-state index in [2.05, 4.69) is 37.0 Å². The van der Waals surface area contributed by atoms with Crippen molar-refractivity contribution in [3.63, 3.8) is 0 Å². The first-order valence-corrected chi connectivity index (χ1v) is 7.99. The van der Waals surface area contributed by atoms with Crippen LogP contribution in [-0.2, 0) is 0 Å². The van der Waals surface area contributed by atoms with Crippen LogP contribution < -0.4 is 5.73 Å². The second kappa shape index (κ2) is 7.25. The minimum Gasteiger partial charge on any atom is -0.409 e. The molecule has 0 atom stereocenters. The van der Waals surface area contributed by atoms with Gasteiger partial charge in [-0.2, -0.15) is 0 Å². The summed E-state index contributed by atoms with van der Waals surface area (Å²) in [6, 6.07) is 1.82. The summed E-state index contributed by atoms with van der Waals surface area (Å²) in [7, 11) is 0. The lowest BCUT2D eigenvalue weighted by molar-refractivity contribution is 0.0710. The monoisotopic (exact) mass is 411 g/mol. The molecular weight excluding hydrogens is 398 g/mol. The molecule has 8 heteroatoms. The molecule has 0 bridgehead atoms. The van der Waals surface area contributed by atoms with E-state index in [1.54, 1.807) is 11.0 Å². The van der Waals surface area contributed by atoms with E-state index in [4.69, 9.17) is 10.9 Å². The number of halogens is 2. The summed E-state index contributed by atoms with van der Waals surface area (Å²) in [5.74, 6) is 0.0404. The Kier molecular flexibility index (Phi) is 6.28. The molecular formula is C11H15Br2N3O2S. The van der Waals surface area contributed by atoms with Crippen molar-refractivity contribution in [1.29, 1.82) is 0 Å². The first kappa shape index (κ1) is 16.5. The van der Waals surface area contributed by atoms with Gasteiger partial charge in [0.05, 0.1) is 13.1 Å². The van der Waals surface area contributed by atoms with Gasteiger partial charge in [-0.3, -0.25) is 4.79 Å². The molecule has 0 saturated carbocycles. The van der Waals surface area contributed by atoms with Gasteiger partial charge in [-0.05, 0) is 51.8 Å². The predicted octanol–water partition coefficient (Wildman–Crippen LogP) is 3.26. The summed E-state index contributed by atoms with van der Waals surface area (Å²) in [6.07, 6.45) is 0.337. The second-order valence-electron chi connectivity index (χ2n) is 4.17. The van der Waals surface area contributed by atoms with E-state index >= 15 is 0 Å². The molecule has 0 radical (unpaired) electrons. The highest BCUT2D eigenvalue weighted by Gasteiger charge is 2.22. The molecule has 1 rings (SSSR count). The van der Waals surface area contributed by atoms with Crippen LogP contribution in [0.2, 0.25) is 0 Å². The molecule has 3 N–H and O–H groups in total. The first-order chi connectivity index (χ1) is 8.86. The summed E-state index contributed by atoms with van der Waals surface area (Å²) < 4.78 is 1.68. The summed E-state index contributed by atoms with van der Waals surface area (Å²) in [4.78, 5) is 14.2. The zero-order valence-electron chi connectivity index (χ0n) is 10.6. The lowest BCUT2D eigenvalue weighted by Crippen LogP contribution is -2.39. The van der Waals surface area contributed by atoms with Gasteiger partial charge in [-0.25, -0.2) is 0 Å². The Balaban J connectivity index is 2.87. The van der Waals surface area contributed by atoms with E-state index in [1.165, 1.54) is 11.3 Å². The van der Waals surface area contributed by atoms with E-state index < -0.39 is 0 Å². The van der Waals surface area contributed by atoms with Gasteiger partial charge in [-0.1, -0.05) is 5.16 Å². The van der Waals surface area contributed by atoms with Crippen molar-refractivity contribution in [3.05, 3.63) is 19.2 Å². The van der Waals surface area contributed by atoms with E-state index in [1.807, 2.05) is 13.8 Å². The predicted molar refractivity (Wildman–Crippen MR) is 83.9 cm³/mol. The molecule has 0 spiro atoms. The molecule has 0 saturated heterocycles. The Bertz CT molecular complexity index is 488. The highest BCUT2D eigenvalue weighted by molar-refractivity contribution is 9.12. The fourth-order valence-corrected chi connectivity index (χ4v) is 4.30. The van der Waals surface area contributed by atoms with Crippen molar-refractivity contribution in [2.24, 2.45) is 10.9 Å². The molecule has 1 aromatic heterocycles. The van der Waals surface area contributed by atoms with Gasteiger partial charge in [0.25, 0.3) is 5.91 Å². The van der Waals surface area contributed by atoms with Crippen LogP contribution in [0, 0.1) is 0 Å². The summed E-state index contributed by atoms with van der Waals surface area (Å²) in [5.41, 5.74) is 6.06. The second-order valence-corrected chi connectivity index (χ2v) is 7.92. The van der Waals surface area contributed by atoms with Gasteiger partial charge >= 0.3 is 0 Å². The fourth-order valence-electron chi connectivity index (χ4n) is 1.52. The van der Waals surface area contributed by atoms with Gasteiger partial charge in [-0.15, -0.1) is 11.3 Å². The van der Waals surface area contributed by atoms with Crippen molar-refractivity contribution >= 4 is 54.9 Å². The van der Waals surface area contributed by atoms with Crippen LogP contribution in [0.4, 0.5) is 0 Å². The molecule has 0 aliphatic rings. The third-order valence-electron chi connectivity index (χ3n) is 2.51. The summed E-state index contributed by atoms with van der Waals surface area (Å²) in [5, 5.41) is 11.5. The van der Waals surface area contributed by atoms with Crippen LogP contribution in [-0.4, -0.2) is 34.4 Å². The number of hydrogen-bond donors (Lipinski definition) is 2. The lowest BCUT2D eigenvalue weighted by atomic mass is 10.2. The number of amides is 1. The van der Waals surface area contributed by atoms with E-state index in [0.29, 0.717) is 18.5 Å². The Labute approximate surface area is 132 Å². The number of nitrogens with zero attached hydrogens (tertiary/aromatic N) is 2. The van der Waals surface area contributed by atoms with Crippen LogP contribution >= 0.6 is 43.2 Å². The van der Waals surface area contributed by atoms with Gasteiger partial charge in [0.15, 0.2) is 0 Å².